The van der Waals surface area contributed by atoms with E-state index >= 15 is 0 Å². The quantitative estimate of drug-likeness (QED) is 0.249. The Morgan fingerprint density at radius 1 is 1.14 bits per heavy atom. The van der Waals surface area contributed by atoms with Gasteiger partial charge in [-0.3, -0.25) is 4.79 Å². The SMILES string of the molecule is COCCOC(=O)c1c(C)oc2cc(Br)c(OCC(=O)c3ccc(Cl)cc3)cc12. The Morgan fingerprint density at radius 2 is 1.86 bits per heavy atom. The molecular formula is C21H18BrClO6. The number of ketones is 1. The first-order valence-corrected chi connectivity index (χ1v) is 9.88. The van der Waals surface area contributed by atoms with Crippen LogP contribution < -0.4 is 4.74 Å². The minimum Gasteiger partial charge on any atom is -0.484 e. The molecule has 0 fully saturated rings. The summed E-state index contributed by atoms with van der Waals surface area (Å²) < 4.78 is 22.1. The van der Waals surface area contributed by atoms with Crippen molar-refractivity contribution >= 4 is 50.3 Å². The van der Waals surface area contributed by atoms with Gasteiger partial charge in [0.05, 0.1) is 11.1 Å². The molecule has 0 aliphatic rings. The van der Waals surface area contributed by atoms with Crippen LogP contribution in [0.3, 0.4) is 0 Å². The van der Waals surface area contributed by atoms with Gasteiger partial charge in [-0.1, -0.05) is 11.6 Å². The van der Waals surface area contributed by atoms with Gasteiger partial charge in [0.2, 0.25) is 0 Å². The van der Waals surface area contributed by atoms with Gasteiger partial charge in [0.25, 0.3) is 0 Å². The number of benzene rings is 2. The first kappa shape index (κ1) is 21.4. The second-order valence-electron chi connectivity index (χ2n) is 6.16. The fraction of sp³-hybridized carbons (Fsp3) is 0.238. The molecule has 0 atom stereocenters. The molecule has 0 saturated carbocycles. The molecule has 152 valence electrons. The first-order chi connectivity index (χ1) is 13.9. The van der Waals surface area contributed by atoms with Crippen LogP contribution in [0.25, 0.3) is 11.0 Å². The Hall–Kier alpha value is -2.35. The van der Waals surface area contributed by atoms with Crippen LogP contribution in [0.5, 0.6) is 5.75 Å². The maximum absolute atomic E-state index is 12.4. The Balaban J connectivity index is 1.82. The van der Waals surface area contributed by atoms with Crippen LogP contribution in [-0.2, 0) is 9.47 Å². The number of halogens is 2. The Kier molecular flexibility index (Phi) is 6.95. The third-order valence-corrected chi connectivity index (χ3v) is 5.04. The van der Waals surface area contributed by atoms with Gasteiger partial charge in [0.15, 0.2) is 12.4 Å². The molecule has 0 aliphatic carbocycles. The molecule has 0 spiro atoms. The number of ether oxygens (including phenoxy) is 3. The summed E-state index contributed by atoms with van der Waals surface area (Å²) in [6, 6.07) is 9.91. The average molecular weight is 482 g/mol. The van der Waals surface area contributed by atoms with Crippen molar-refractivity contribution < 1.29 is 28.2 Å². The van der Waals surface area contributed by atoms with Gasteiger partial charge < -0.3 is 18.6 Å². The predicted octanol–water partition coefficient (Wildman–Crippen LogP) is 5.22. The fourth-order valence-electron chi connectivity index (χ4n) is 2.74. The molecule has 1 heterocycles. The minimum atomic E-state index is -0.510. The second kappa shape index (κ2) is 9.43. The second-order valence-corrected chi connectivity index (χ2v) is 7.45. The highest BCUT2D eigenvalue weighted by Gasteiger charge is 2.22. The van der Waals surface area contributed by atoms with E-state index in [9.17, 15) is 9.59 Å². The minimum absolute atomic E-state index is 0.136. The molecule has 0 saturated heterocycles. The lowest BCUT2D eigenvalue weighted by molar-refractivity contribution is 0.0388. The Bertz CT molecular complexity index is 1040. The highest BCUT2D eigenvalue weighted by atomic mass is 79.9. The number of carbonyl (C=O) groups is 2. The van der Waals surface area contributed by atoms with Crippen LogP contribution >= 0.6 is 27.5 Å². The molecule has 3 rings (SSSR count). The van der Waals surface area contributed by atoms with Gasteiger partial charge >= 0.3 is 5.97 Å². The van der Waals surface area contributed by atoms with Crippen LogP contribution in [0.15, 0.2) is 45.3 Å². The molecule has 1 aromatic heterocycles. The Labute approximate surface area is 180 Å². The summed E-state index contributed by atoms with van der Waals surface area (Å²) in [6.07, 6.45) is 0. The number of aryl methyl sites for hydroxylation is 1. The summed E-state index contributed by atoms with van der Waals surface area (Å²) in [5.74, 6) is 0.135. The molecule has 0 radical (unpaired) electrons. The molecule has 29 heavy (non-hydrogen) atoms. The zero-order valence-electron chi connectivity index (χ0n) is 15.8. The molecule has 8 heteroatoms. The van der Waals surface area contributed by atoms with E-state index in [0.29, 0.717) is 49.7 Å². The van der Waals surface area contributed by atoms with Gasteiger partial charge in [0, 0.05) is 23.1 Å². The average Bonchev–Trinajstić information content (AvgIpc) is 3.01. The predicted molar refractivity (Wildman–Crippen MR) is 112 cm³/mol. The van der Waals surface area contributed by atoms with Crippen molar-refractivity contribution in [2.24, 2.45) is 0 Å². The molecule has 2 aromatic carbocycles. The van der Waals surface area contributed by atoms with Gasteiger partial charge in [0.1, 0.15) is 29.3 Å². The number of furan rings is 1. The first-order valence-electron chi connectivity index (χ1n) is 8.71. The van der Waals surface area contributed by atoms with E-state index in [1.165, 1.54) is 7.11 Å². The van der Waals surface area contributed by atoms with Crippen molar-refractivity contribution in [3.05, 3.63) is 62.8 Å². The van der Waals surface area contributed by atoms with E-state index < -0.39 is 5.97 Å². The lowest BCUT2D eigenvalue weighted by Gasteiger charge is -2.09. The summed E-state index contributed by atoms with van der Waals surface area (Å²) in [5.41, 5.74) is 1.31. The molecule has 0 aliphatic heterocycles. The molecule has 6 nitrogen and oxygen atoms in total. The number of fused-ring (bicyclic) bond motifs is 1. The van der Waals surface area contributed by atoms with E-state index in [0.717, 1.165) is 0 Å². The van der Waals surface area contributed by atoms with Crippen LogP contribution in [0.4, 0.5) is 0 Å². The molecule has 0 N–H and O–H groups in total. The molecule has 0 amide bonds. The van der Waals surface area contributed by atoms with E-state index in [4.69, 9.17) is 30.2 Å². The van der Waals surface area contributed by atoms with Crippen LogP contribution in [-0.4, -0.2) is 38.7 Å². The number of carbonyl (C=O) groups excluding carboxylic acids is 2. The van der Waals surface area contributed by atoms with E-state index in [1.807, 2.05) is 0 Å². The zero-order valence-corrected chi connectivity index (χ0v) is 18.1. The number of hydrogen-bond acceptors (Lipinski definition) is 6. The van der Waals surface area contributed by atoms with Crippen molar-refractivity contribution in [2.45, 2.75) is 6.92 Å². The van der Waals surface area contributed by atoms with Crippen LogP contribution in [0.1, 0.15) is 26.5 Å². The summed E-state index contributed by atoms with van der Waals surface area (Å²) in [7, 11) is 1.53. The number of rotatable bonds is 8. The number of esters is 1. The largest absolute Gasteiger partial charge is 0.484 e. The summed E-state index contributed by atoms with van der Waals surface area (Å²) in [5, 5.41) is 1.10. The fourth-order valence-corrected chi connectivity index (χ4v) is 3.30. The topological polar surface area (TPSA) is 75.0 Å². The van der Waals surface area contributed by atoms with Crippen molar-refractivity contribution in [1.29, 1.82) is 0 Å². The molecule has 0 unspecified atom stereocenters. The van der Waals surface area contributed by atoms with Gasteiger partial charge in [-0.05, 0) is 59.3 Å². The molecule has 3 aromatic rings. The van der Waals surface area contributed by atoms with Crippen LogP contribution in [0.2, 0.25) is 5.02 Å². The van der Waals surface area contributed by atoms with Crippen molar-refractivity contribution in [2.75, 3.05) is 26.9 Å². The standard InChI is InChI=1S/C21H18BrClO6/c1-12-20(21(25)27-8-7-26-2)15-9-19(16(22)10-18(15)29-12)28-11-17(24)13-3-5-14(23)6-4-13/h3-6,9-10H,7-8,11H2,1-2H3. The number of methoxy groups -OCH3 is 1. The van der Waals surface area contributed by atoms with Gasteiger partial charge in [-0.15, -0.1) is 0 Å². The highest BCUT2D eigenvalue weighted by Crippen LogP contribution is 2.35. The lowest BCUT2D eigenvalue weighted by Crippen LogP contribution is -2.12. The number of Topliss-reactive ketones (excluding diaryl/α,β-unsaturated/α-hetero) is 1. The van der Waals surface area contributed by atoms with E-state index in [2.05, 4.69) is 15.9 Å². The Morgan fingerprint density at radius 3 is 2.55 bits per heavy atom. The van der Waals surface area contributed by atoms with Crippen LogP contribution in [0, 0.1) is 6.92 Å². The third-order valence-electron chi connectivity index (χ3n) is 4.17. The highest BCUT2D eigenvalue weighted by molar-refractivity contribution is 9.10. The smallest absolute Gasteiger partial charge is 0.342 e. The summed E-state index contributed by atoms with van der Waals surface area (Å²) in [6.45, 7) is 1.95. The van der Waals surface area contributed by atoms with Gasteiger partial charge in [-0.2, -0.15) is 0 Å². The van der Waals surface area contributed by atoms with E-state index in [-0.39, 0.29) is 19.0 Å². The molecule has 0 bridgehead atoms. The normalized spacial score (nSPS) is 10.9. The maximum atomic E-state index is 12.4. The van der Waals surface area contributed by atoms with Gasteiger partial charge in [-0.25, -0.2) is 4.79 Å². The van der Waals surface area contributed by atoms with Crippen molar-refractivity contribution in [1.82, 2.24) is 0 Å². The van der Waals surface area contributed by atoms with E-state index in [1.54, 1.807) is 43.3 Å². The number of hydrogen-bond donors (Lipinski definition) is 0. The monoisotopic (exact) mass is 480 g/mol. The zero-order chi connectivity index (χ0) is 21.0. The summed E-state index contributed by atoms with van der Waals surface area (Å²) in [4.78, 5) is 24.8. The summed E-state index contributed by atoms with van der Waals surface area (Å²) >= 11 is 9.25. The molecular weight excluding hydrogens is 464 g/mol. The lowest BCUT2D eigenvalue weighted by atomic mass is 10.1. The third kappa shape index (κ3) is 4.98. The maximum Gasteiger partial charge on any atom is 0.342 e. The van der Waals surface area contributed by atoms with Crippen molar-refractivity contribution in [3.8, 4) is 5.75 Å². The van der Waals surface area contributed by atoms with Crippen molar-refractivity contribution in [3.63, 3.8) is 0 Å².